The third-order valence-corrected chi connectivity index (χ3v) is 7.79. The summed E-state index contributed by atoms with van der Waals surface area (Å²) in [6.07, 6.45) is 0.597. The molecule has 0 bridgehead atoms. The molecular formula is C9H19Cl2N2O5PS2. The predicted molar refractivity (Wildman–Crippen MR) is 87.0 cm³/mol. The normalized spacial score (nSPS) is 27.9. The van der Waals surface area contributed by atoms with Crippen molar-refractivity contribution in [3.05, 3.63) is 0 Å². The molecule has 1 rings (SSSR count). The number of nitrogens with one attached hydrogen (secondary N) is 1. The first-order valence-corrected chi connectivity index (χ1v) is 11.6. The van der Waals surface area contributed by atoms with Crippen molar-refractivity contribution >= 4 is 52.8 Å². The van der Waals surface area contributed by atoms with Crippen LogP contribution >= 0.6 is 42.6 Å². The number of thioether (sulfide) groups is 1. The van der Waals surface area contributed by atoms with Crippen molar-refractivity contribution in [1.29, 1.82) is 0 Å². The average molecular weight is 401 g/mol. The molecule has 2 unspecified atom stereocenters. The summed E-state index contributed by atoms with van der Waals surface area (Å²) in [4.78, 5) is 0. The highest BCUT2D eigenvalue weighted by molar-refractivity contribution is 8.00. The lowest BCUT2D eigenvalue weighted by atomic mass is 10.4. The molecule has 1 saturated heterocycles. The van der Waals surface area contributed by atoms with Gasteiger partial charge in [-0.3, -0.25) is 9.12 Å². The topological polar surface area (TPSA) is 95.9 Å². The first-order chi connectivity index (χ1) is 9.82. The van der Waals surface area contributed by atoms with Gasteiger partial charge in [0.25, 0.3) is 10.1 Å². The molecule has 2 atom stereocenters. The summed E-state index contributed by atoms with van der Waals surface area (Å²) in [7, 11) is -7.21. The van der Waals surface area contributed by atoms with Crippen molar-refractivity contribution in [2.24, 2.45) is 0 Å². The second-order valence-corrected chi connectivity index (χ2v) is 9.95. The largest absolute Gasteiger partial charge is 0.344 e. The van der Waals surface area contributed by atoms with E-state index in [9.17, 15) is 13.0 Å². The van der Waals surface area contributed by atoms with E-state index >= 15 is 0 Å². The first kappa shape index (κ1) is 20.0. The number of hydrogen-bond donors (Lipinski definition) is 2. The molecule has 0 amide bonds. The maximum atomic E-state index is 12.8. The van der Waals surface area contributed by atoms with Crippen LogP contribution in [0.1, 0.15) is 6.42 Å². The van der Waals surface area contributed by atoms with Gasteiger partial charge < -0.3 is 4.52 Å². The molecule has 2 N–H and O–H groups in total. The van der Waals surface area contributed by atoms with Crippen molar-refractivity contribution in [3.63, 3.8) is 0 Å². The number of alkyl halides is 2. The van der Waals surface area contributed by atoms with Crippen LogP contribution in [0.5, 0.6) is 0 Å². The Morgan fingerprint density at radius 2 is 2.14 bits per heavy atom. The minimum atomic E-state index is -4.00. The van der Waals surface area contributed by atoms with E-state index in [1.54, 1.807) is 4.67 Å². The highest BCUT2D eigenvalue weighted by Crippen LogP contribution is 2.53. The van der Waals surface area contributed by atoms with Gasteiger partial charge in [-0.15, -0.1) is 35.0 Å². The van der Waals surface area contributed by atoms with E-state index in [2.05, 4.69) is 5.09 Å². The molecular weight excluding hydrogens is 382 g/mol. The van der Waals surface area contributed by atoms with Gasteiger partial charge in [-0.05, 0) is 6.42 Å². The molecule has 0 aromatic carbocycles. The van der Waals surface area contributed by atoms with Crippen LogP contribution < -0.4 is 5.09 Å². The molecule has 0 aromatic rings. The van der Waals surface area contributed by atoms with Crippen LogP contribution in [0, 0.1) is 0 Å². The Balaban J connectivity index is 2.70. The zero-order valence-corrected chi connectivity index (χ0v) is 15.3. The van der Waals surface area contributed by atoms with Gasteiger partial charge in [-0.2, -0.15) is 8.42 Å². The Kier molecular flexibility index (Phi) is 8.85. The zero-order valence-electron chi connectivity index (χ0n) is 11.3. The molecule has 1 heterocycles. The predicted octanol–water partition coefficient (Wildman–Crippen LogP) is 1.83. The third-order valence-electron chi connectivity index (χ3n) is 2.67. The summed E-state index contributed by atoms with van der Waals surface area (Å²) >= 11 is 12.7. The van der Waals surface area contributed by atoms with E-state index in [0.29, 0.717) is 32.0 Å². The molecule has 7 nitrogen and oxygen atoms in total. The van der Waals surface area contributed by atoms with Crippen molar-refractivity contribution in [2.75, 3.05) is 43.0 Å². The van der Waals surface area contributed by atoms with E-state index in [1.165, 1.54) is 11.8 Å². The number of hydrogen-bond acceptors (Lipinski definition) is 5. The molecule has 1 aliphatic rings. The van der Waals surface area contributed by atoms with Gasteiger partial charge in [0.05, 0.1) is 17.7 Å². The fourth-order valence-corrected chi connectivity index (χ4v) is 6.94. The molecule has 0 radical (unpaired) electrons. The Hall–Kier alpha value is 0.950. The highest BCUT2D eigenvalue weighted by atomic mass is 35.5. The summed E-state index contributed by atoms with van der Waals surface area (Å²) in [5.74, 6) is 0.425. The number of nitrogens with zero attached hydrogens (tertiary/aromatic N) is 1. The van der Waals surface area contributed by atoms with Gasteiger partial charge in [-0.25, -0.2) is 9.76 Å². The summed E-state index contributed by atoms with van der Waals surface area (Å²) in [6.45, 7) is 0.979. The fourth-order valence-electron chi connectivity index (χ4n) is 1.81. The minimum absolute atomic E-state index is 0.187. The van der Waals surface area contributed by atoms with Gasteiger partial charge in [0.2, 0.25) is 0 Å². The van der Waals surface area contributed by atoms with E-state index in [-0.39, 0.29) is 22.8 Å². The molecule has 1 fully saturated rings. The maximum Gasteiger partial charge on any atom is 0.344 e. The van der Waals surface area contributed by atoms with Crippen LogP contribution in [0.2, 0.25) is 0 Å². The summed E-state index contributed by atoms with van der Waals surface area (Å²) in [6, 6.07) is 0. The van der Waals surface area contributed by atoms with Crippen LogP contribution in [-0.2, 0) is 19.2 Å². The monoisotopic (exact) mass is 400 g/mol. The third kappa shape index (κ3) is 6.93. The highest BCUT2D eigenvalue weighted by Gasteiger charge is 2.40. The lowest BCUT2D eigenvalue weighted by Crippen LogP contribution is -2.42. The summed E-state index contributed by atoms with van der Waals surface area (Å²) < 4.78 is 50.0. The molecule has 126 valence electrons. The van der Waals surface area contributed by atoms with Crippen molar-refractivity contribution < 1.29 is 22.1 Å². The van der Waals surface area contributed by atoms with Crippen molar-refractivity contribution in [3.8, 4) is 0 Å². The lowest BCUT2D eigenvalue weighted by molar-refractivity contribution is 0.191. The average Bonchev–Trinajstić information content (AvgIpc) is 2.39. The quantitative estimate of drug-likeness (QED) is 0.343. The fraction of sp³-hybridized carbons (Fsp3) is 1.00. The van der Waals surface area contributed by atoms with E-state index in [4.69, 9.17) is 32.3 Å². The Labute approximate surface area is 139 Å². The van der Waals surface area contributed by atoms with Crippen LogP contribution in [0.3, 0.4) is 0 Å². The first-order valence-electron chi connectivity index (χ1n) is 6.28. The van der Waals surface area contributed by atoms with E-state index in [1.807, 2.05) is 0 Å². The molecule has 0 aliphatic carbocycles. The Morgan fingerprint density at radius 1 is 1.43 bits per heavy atom. The van der Waals surface area contributed by atoms with Crippen molar-refractivity contribution in [1.82, 2.24) is 9.76 Å². The smallest absolute Gasteiger partial charge is 0.306 e. The number of halogens is 2. The van der Waals surface area contributed by atoms with Gasteiger partial charge in [0.15, 0.2) is 0 Å². The van der Waals surface area contributed by atoms with Gasteiger partial charge in [0.1, 0.15) is 0 Å². The summed E-state index contributed by atoms with van der Waals surface area (Å²) in [5, 5.41) is 2.62. The standard InChI is InChI=1S/C9H19Cl2N2O5PS2/c10-2-4-12-19(14)13(5-3-11)9(1-6-18-19)20-7-8-21(15,16)17/h9H,1-8H2,(H,12,14)(H,15,16,17). The zero-order chi connectivity index (χ0) is 15.9. The maximum absolute atomic E-state index is 12.8. The molecule has 1 aliphatic heterocycles. The van der Waals surface area contributed by atoms with Gasteiger partial charge in [-0.1, -0.05) is 0 Å². The van der Waals surface area contributed by atoms with Crippen LogP contribution in [0.4, 0.5) is 0 Å². The molecule has 21 heavy (non-hydrogen) atoms. The Bertz CT molecular complexity index is 467. The minimum Gasteiger partial charge on any atom is -0.306 e. The second kappa shape index (κ2) is 9.30. The summed E-state index contributed by atoms with van der Waals surface area (Å²) in [5.41, 5.74) is 0. The molecule has 12 heteroatoms. The van der Waals surface area contributed by atoms with Crippen molar-refractivity contribution in [2.45, 2.75) is 11.8 Å². The van der Waals surface area contributed by atoms with Crippen LogP contribution in [0.15, 0.2) is 0 Å². The van der Waals surface area contributed by atoms with E-state index in [0.717, 1.165) is 0 Å². The second-order valence-electron chi connectivity index (χ2n) is 4.20. The number of rotatable bonds is 9. The molecule has 0 aromatic heterocycles. The van der Waals surface area contributed by atoms with Crippen LogP contribution in [-0.4, -0.2) is 66.0 Å². The molecule has 0 saturated carbocycles. The van der Waals surface area contributed by atoms with E-state index < -0.39 is 17.8 Å². The van der Waals surface area contributed by atoms with Crippen LogP contribution in [0.25, 0.3) is 0 Å². The van der Waals surface area contributed by atoms with Gasteiger partial charge in [0, 0.05) is 30.6 Å². The van der Waals surface area contributed by atoms with Gasteiger partial charge >= 0.3 is 7.67 Å². The lowest BCUT2D eigenvalue weighted by Gasteiger charge is -2.40. The molecule has 0 spiro atoms. The Morgan fingerprint density at radius 3 is 2.71 bits per heavy atom. The SMILES string of the molecule is O=P1(NCCCl)OCCC(SCCS(=O)(=O)O)N1CCCl.